The number of nitriles is 1. The summed E-state index contributed by atoms with van der Waals surface area (Å²) in [6, 6.07) is 7.51. The first-order valence-electron chi connectivity index (χ1n) is 6.41. The first kappa shape index (κ1) is 14.3. The van der Waals surface area contributed by atoms with E-state index in [2.05, 4.69) is 11.4 Å². The number of hydrogen-bond donors (Lipinski definition) is 2. The summed E-state index contributed by atoms with van der Waals surface area (Å²) in [5, 5.41) is 21.0. The molecule has 0 radical (unpaired) electrons. The predicted molar refractivity (Wildman–Crippen MR) is 74.4 cm³/mol. The molecule has 1 amide bonds. The van der Waals surface area contributed by atoms with Crippen molar-refractivity contribution in [1.29, 1.82) is 5.26 Å². The van der Waals surface area contributed by atoms with Crippen LogP contribution < -0.4 is 10.2 Å². The number of nitrogens with zero attached hydrogens (tertiary/aromatic N) is 2. The number of aliphatic hydroxyl groups is 1. The minimum atomic E-state index is -1.09. The summed E-state index contributed by atoms with van der Waals surface area (Å²) in [4.78, 5) is 13.4. The molecule has 1 aliphatic heterocycles. The van der Waals surface area contributed by atoms with Crippen molar-refractivity contribution in [2.45, 2.75) is 12.5 Å². The fourth-order valence-electron chi connectivity index (χ4n) is 2.19. The Bertz CT molecular complexity index is 539. The molecule has 6 nitrogen and oxygen atoms in total. The number of ether oxygens (including phenoxy) is 1. The molecular formula is C14H17N3O3. The van der Waals surface area contributed by atoms with E-state index in [9.17, 15) is 9.90 Å². The molecule has 0 aliphatic carbocycles. The highest BCUT2D eigenvalue weighted by Gasteiger charge is 2.28. The Morgan fingerprint density at radius 1 is 1.50 bits per heavy atom. The van der Waals surface area contributed by atoms with Crippen LogP contribution in [0.1, 0.15) is 18.1 Å². The molecule has 2 N–H and O–H groups in total. The zero-order valence-corrected chi connectivity index (χ0v) is 11.3. The molecule has 6 heteroatoms. The highest BCUT2D eigenvalue weighted by atomic mass is 16.5. The fraction of sp³-hybridized carbons (Fsp3) is 0.429. The second-order valence-corrected chi connectivity index (χ2v) is 4.55. The van der Waals surface area contributed by atoms with E-state index < -0.39 is 12.0 Å². The van der Waals surface area contributed by atoms with Gasteiger partial charge in [-0.3, -0.25) is 4.79 Å². The zero-order valence-electron chi connectivity index (χ0n) is 11.3. The van der Waals surface area contributed by atoms with Gasteiger partial charge in [0.1, 0.15) is 0 Å². The summed E-state index contributed by atoms with van der Waals surface area (Å²) >= 11 is 0. The van der Waals surface area contributed by atoms with E-state index in [1.54, 1.807) is 13.2 Å². The van der Waals surface area contributed by atoms with Crippen LogP contribution in [-0.2, 0) is 9.53 Å². The van der Waals surface area contributed by atoms with Gasteiger partial charge in [-0.15, -0.1) is 0 Å². The molecule has 2 rings (SSSR count). The largest absolute Gasteiger partial charge is 0.383 e. The van der Waals surface area contributed by atoms with Gasteiger partial charge in [0.25, 0.3) is 5.91 Å². The van der Waals surface area contributed by atoms with Crippen LogP contribution in [0.5, 0.6) is 0 Å². The number of hydrogen-bond acceptors (Lipinski definition) is 5. The van der Waals surface area contributed by atoms with Crippen LogP contribution in [0.15, 0.2) is 18.2 Å². The Hall–Kier alpha value is -2.10. The molecule has 1 aromatic carbocycles. The first-order valence-corrected chi connectivity index (χ1v) is 6.41. The molecule has 1 atom stereocenters. The van der Waals surface area contributed by atoms with E-state index in [0.717, 1.165) is 5.69 Å². The Morgan fingerprint density at radius 3 is 3.00 bits per heavy atom. The monoisotopic (exact) mass is 275 g/mol. The van der Waals surface area contributed by atoms with Crippen molar-refractivity contribution < 1.29 is 14.6 Å². The molecule has 0 saturated heterocycles. The molecule has 0 aromatic heterocycles. The van der Waals surface area contributed by atoms with Crippen molar-refractivity contribution >= 4 is 17.3 Å². The Labute approximate surface area is 117 Å². The number of rotatable bonds is 6. The molecule has 1 unspecified atom stereocenters. The molecule has 0 saturated carbocycles. The van der Waals surface area contributed by atoms with Crippen LogP contribution in [0.3, 0.4) is 0 Å². The average molecular weight is 275 g/mol. The minimum absolute atomic E-state index is 0.405. The maximum atomic E-state index is 11.4. The number of anilines is 2. The van der Waals surface area contributed by atoms with Gasteiger partial charge in [-0.2, -0.15) is 5.26 Å². The van der Waals surface area contributed by atoms with Gasteiger partial charge >= 0.3 is 0 Å². The normalized spacial score (nSPS) is 16.4. The Balaban J connectivity index is 2.20. The third-order valence-electron chi connectivity index (χ3n) is 3.26. The fourth-order valence-corrected chi connectivity index (χ4v) is 2.19. The molecule has 0 bridgehead atoms. The topological polar surface area (TPSA) is 85.6 Å². The second kappa shape index (κ2) is 6.37. The zero-order chi connectivity index (χ0) is 14.5. The van der Waals surface area contributed by atoms with Gasteiger partial charge in [-0.25, -0.2) is 0 Å². The smallest absolute Gasteiger partial charge is 0.257 e. The number of amides is 1. The molecule has 20 heavy (non-hydrogen) atoms. The molecule has 1 aliphatic rings. The minimum Gasteiger partial charge on any atom is -0.383 e. The second-order valence-electron chi connectivity index (χ2n) is 4.55. The lowest BCUT2D eigenvalue weighted by Gasteiger charge is -2.24. The summed E-state index contributed by atoms with van der Waals surface area (Å²) in [5.41, 5.74) is 2.11. The summed E-state index contributed by atoms with van der Waals surface area (Å²) in [6.45, 7) is 1.81. The summed E-state index contributed by atoms with van der Waals surface area (Å²) in [7, 11) is 1.63. The van der Waals surface area contributed by atoms with Crippen molar-refractivity contribution in [3.05, 3.63) is 23.8 Å². The van der Waals surface area contributed by atoms with Crippen molar-refractivity contribution in [2.24, 2.45) is 0 Å². The third kappa shape index (κ3) is 2.90. The number of aliphatic hydroxyl groups excluding tert-OH is 1. The van der Waals surface area contributed by atoms with E-state index in [0.29, 0.717) is 37.4 Å². The van der Waals surface area contributed by atoms with E-state index in [1.807, 2.05) is 17.0 Å². The van der Waals surface area contributed by atoms with E-state index in [-0.39, 0.29) is 0 Å². The van der Waals surface area contributed by atoms with Crippen LogP contribution in [0.2, 0.25) is 0 Å². The number of nitrogens with one attached hydrogen (secondary N) is 1. The summed E-state index contributed by atoms with van der Waals surface area (Å²) < 4.78 is 5.07. The lowest BCUT2D eigenvalue weighted by molar-refractivity contribution is -0.123. The summed E-state index contributed by atoms with van der Waals surface area (Å²) in [6.07, 6.45) is -0.680. The maximum absolute atomic E-state index is 11.4. The molecule has 0 fully saturated rings. The number of carbonyl (C=O) groups is 1. The quantitative estimate of drug-likeness (QED) is 0.810. The molecule has 106 valence electrons. The summed E-state index contributed by atoms with van der Waals surface area (Å²) in [5.74, 6) is -0.405. The van der Waals surface area contributed by atoms with Gasteiger partial charge in [-0.05, 0) is 12.1 Å². The Morgan fingerprint density at radius 2 is 2.30 bits per heavy atom. The van der Waals surface area contributed by atoms with Crippen LogP contribution in [-0.4, -0.2) is 37.8 Å². The molecular weight excluding hydrogens is 258 g/mol. The van der Waals surface area contributed by atoms with Gasteiger partial charge in [-0.1, -0.05) is 6.07 Å². The van der Waals surface area contributed by atoms with Crippen LogP contribution in [0, 0.1) is 11.3 Å². The first-order chi connectivity index (χ1) is 9.67. The van der Waals surface area contributed by atoms with Crippen LogP contribution in [0.4, 0.5) is 11.4 Å². The third-order valence-corrected chi connectivity index (χ3v) is 3.26. The van der Waals surface area contributed by atoms with Crippen molar-refractivity contribution in [3.63, 3.8) is 0 Å². The number of benzene rings is 1. The van der Waals surface area contributed by atoms with Crippen LogP contribution in [0.25, 0.3) is 0 Å². The average Bonchev–Trinajstić information content (AvgIpc) is 2.74. The van der Waals surface area contributed by atoms with Crippen molar-refractivity contribution in [3.8, 4) is 6.07 Å². The number of carbonyl (C=O) groups excluding carboxylic acids is 1. The van der Waals surface area contributed by atoms with Gasteiger partial charge in [0.05, 0.1) is 19.1 Å². The van der Waals surface area contributed by atoms with Gasteiger partial charge in [0.15, 0.2) is 6.10 Å². The highest BCUT2D eigenvalue weighted by Crippen LogP contribution is 2.33. The van der Waals surface area contributed by atoms with Gasteiger partial charge in [0.2, 0.25) is 0 Å². The van der Waals surface area contributed by atoms with Crippen molar-refractivity contribution in [1.82, 2.24) is 0 Å². The Kier molecular flexibility index (Phi) is 4.56. The lowest BCUT2D eigenvalue weighted by Crippen LogP contribution is -2.28. The van der Waals surface area contributed by atoms with Crippen molar-refractivity contribution in [2.75, 3.05) is 37.0 Å². The maximum Gasteiger partial charge on any atom is 0.257 e. The number of fused-ring (bicyclic) bond motifs is 1. The van der Waals surface area contributed by atoms with E-state index in [1.165, 1.54) is 0 Å². The van der Waals surface area contributed by atoms with Crippen LogP contribution >= 0.6 is 0 Å². The van der Waals surface area contributed by atoms with E-state index >= 15 is 0 Å². The molecule has 1 aromatic rings. The SMILES string of the molecule is COCCN(CCC#N)c1ccc2c(c1)NC(=O)C2O. The van der Waals surface area contributed by atoms with Gasteiger partial charge in [0, 0.05) is 37.1 Å². The number of methoxy groups -OCH3 is 1. The predicted octanol–water partition coefficient (Wildman–Crippen LogP) is 1.04. The molecule has 1 heterocycles. The standard InChI is InChI=1S/C14H17N3O3/c1-20-8-7-17(6-2-5-15)10-3-4-11-12(9-10)16-14(19)13(11)18/h3-4,9,13,18H,2,6-8H2,1H3,(H,16,19). The van der Waals surface area contributed by atoms with Gasteiger partial charge < -0.3 is 20.1 Å². The lowest BCUT2D eigenvalue weighted by atomic mass is 10.1. The highest BCUT2D eigenvalue weighted by molar-refractivity contribution is 6.02. The molecule has 0 spiro atoms. The van der Waals surface area contributed by atoms with E-state index in [4.69, 9.17) is 10.00 Å².